The van der Waals surface area contributed by atoms with Crippen LogP contribution in [0.4, 0.5) is 0 Å². The highest BCUT2D eigenvalue weighted by atomic mass is 79.9. The second-order valence-corrected chi connectivity index (χ2v) is 8.37. The third-order valence-corrected chi connectivity index (χ3v) is 6.20. The molecule has 1 atom stereocenters. The molecule has 1 amide bonds. The van der Waals surface area contributed by atoms with E-state index in [1.807, 2.05) is 29.2 Å². The smallest absolute Gasteiger partial charge is 0.255 e. The number of aromatic nitrogens is 1. The molecule has 1 aliphatic heterocycles. The van der Waals surface area contributed by atoms with Crippen molar-refractivity contribution in [3.8, 4) is 11.3 Å². The maximum Gasteiger partial charge on any atom is 0.255 e. The lowest BCUT2D eigenvalue weighted by Gasteiger charge is -2.26. The molecule has 0 saturated carbocycles. The van der Waals surface area contributed by atoms with Crippen LogP contribution in [0, 0.1) is 0 Å². The van der Waals surface area contributed by atoms with Gasteiger partial charge in [0, 0.05) is 33.0 Å². The first kappa shape index (κ1) is 18.2. The number of benzene rings is 3. The van der Waals surface area contributed by atoms with Gasteiger partial charge in [-0.15, -0.1) is 0 Å². The lowest BCUT2D eigenvalue weighted by molar-refractivity contribution is 0.0751. The molecule has 0 aliphatic carbocycles. The molecule has 2 heterocycles. The van der Waals surface area contributed by atoms with E-state index < -0.39 is 0 Å². The van der Waals surface area contributed by atoms with Gasteiger partial charge in [-0.3, -0.25) is 4.79 Å². The van der Waals surface area contributed by atoms with Gasteiger partial charge >= 0.3 is 0 Å². The predicted molar refractivity (Wildman–Crippen MR) is 121 cm³/mol. The van der Waals surface area contributed by atoms with Crippen LogP contribution in [0.15, 0.2) is 77.3 Å². The Balaban J connectivity index is 1.80. The highest BCUT2D eigenvalue weighted by molar-refractivity contribution is 9.10. The Morgan fingerprint density at radius 1 is 0.966 bits per heavy atom. The zero-order valence-corrected chi connectivity index (χ0v) is 17.7. The van der Waals surface area contributed by atoms with Crippen molar-refractivity contribution in [2.24, 2.45) is 0 Å². The van der Waals surface area contributed by atoms with E-state index in [9.17, 15) is 4.79 Å². The maximum atomic E-state index is 13.2. The Bertz CT molecular complexity index is 1210. The zero-order chi connectivity index (χ0) is 20.0. The number of fused-ring (bicyclic) bond motifs is 2. The molecule has 0 saturated heterocycles. The number of nitrogens with one attached hydrogen (secondary N) is 1. The third kappa shape index (κ3) is 2.90. The van der Waals surface area contributed by atoms with Gasteiger partial charge in [-0.2, -0.15) is 0 Å². The third-order valence-electron chi connectivity index (χ3n) is 5.68. The lowest BCUT2D eigenvalue weighted by atomic mass is 9.93. The van der Waals surface area contributed by atoms with Crippen molar-refractivity contribution in [2.75, 3.05) is 6.54 Å². The molecule has 1 aromatic heterocycles. The molecule has 4 heteroatoms. The zero-order valence-electron chi connectivity index (χ0n) is 16.2. The van der Waals surface area contributed by atoms with E-state index in [0.717, 1.165) is 45.3 Å². The maximum absolute atomic E-state index is 13.2. The Kier molecular flexibility index (Phi) is 4.51. The van der Waals surface area contributed by atoms with Crippen molar-refractivity contribution in [3.05, 3.63) is 94.0 Å². The van der Waals surface area contributed by atoms with Crippen LogP contribution in [0.1, 0.15) is 40.9 Å². The van der Waals surface area contributed by atoms with E-state index in [1.165, 1.54) is 10.9 Å². The summed E-state index contributed by atoms with van der Waals surface area (Å²) < 4.78 is 1.05. The summed E-state index contributed by atoms with van der Waals surface area (Å²) in [7, 11) is 0. The number of aromatic amines is 1. The van der Waals surface area contributed by atoms with Gasteiger partial charge < -0.3 is 9.88 Å². The quantitative estimate of drug-likeness (QED) is 0.380. The number of hydrogen-bond donors (Lipinski definition) is 1. The first-order valence-electron chi connectivity index (χ1n) is 9.95. The molecule has 0 fully saturated rings. The van der Waals surface area contributed by atoms with Crippen molar-refractivity contribution < 1.29 is 4.79 Å². The second kappa shape index (κ2) is 7.20. The molecule has 144 valence electrons. The summed E-state index contributed by atoms with van der Waals surface area (Å²) in [5.41, 5.74) is 6.37. The SMILES string of the molecule is CCCN1C(=O)c2ccccc2[C@H]1c1c(-c2ccc(Br)cc2)[nH]c2ccccc12. The van der Waals surface area contributed by atoms with Crippen LogP contribution in [-0.4, -0.2) is 22.3 Å². The van der Waals surface area contributed by atoms with Crippen molar-refractivity contribution in [2.45, 2.75) is 19.4 Å². The van der Waals surface area contributed by atoms with Gasteiger partial charge in [0.25, 0.3) is 5.91 Å². The van der Waals surface area contributed by atoms with E-state index in [4.69, 9.17) is 0 Å². The summed E-state index contributed by atoms with van der Waals surface area (Å²) in [5, 5.41) is 1.17. The van der Waals surface area contributed by atoms with Crippen LogP contribution < -0.4 is 0 Å². The largest absolute Gasteiger partial charge is 0.354 e. The van der Waals surface area contributed by atoms with Crippen LogP contribution >= 0.6 is 15.9 Å². The molecule has 0 spiro atoms. The summed E-state index contributed by atoms with van der Waals surface area (Å²) in [6.45, 7) is 2.86. The van der Waals surface area contributed by atoms with Crippen LogP contribution in [0.5, 0.6) is 0 Å². The highest BCUT2D eigenvalue weighted by Crippen LogP contribution is 2.45. The molecule has 0 radical (unpaired) electrons. The summed E-state index contributed by atoms with van der Waals surface area (Å²) in [6.07, 6.45) is 0.923. The molecular weight excluding hydrogens is 424 g/mol. The number of para-hydroxylation sites is 1. The Hall–Kier alpha value is -2.85. The van der Waals surface area contributed by atoms with Crippen molar-refractivity contribution in [1.82, 2.24) is 9.88 Å². The van der Waals surface area contributed by atoms with Crippen molar-refractivity contribution in [3.63, 3.8) is 0 Å². The number of H-pyrrole nitrogens is 1. The standard InChI is InChI=1S/C25H21BrN2O/c1-2-15-28-24(18-7-3-4-8-19(18)25(28)29)22-20-9-5-6-10-21(20)27-23(22)16-11-13-17(26)14-12-16/h3-14,24,27H,2,15H2,1H3/t24-/m0/s1. The van der Waals surface area contributed by atoms with E-state index in [0.29, 0.717) is 0 Å². The molecule has 1 N–H and O–H groups in total. The summed E-state index contributed by atoms with van der Waals surface area (Å²) >= 11 is 3.53. The second-order valence-electron chi connectivity index (χ2n) is 7.45. The Morgan fingerprint density at radius 2 is 1.69 bits per heavy atom. The number of hydrogen-bond acceptors (Lipinski definition) is 1. The number of carbonyl (C=O) groups excluding carboxylic acids is 1. The molecule has 0 bridgehead atoms. The minimum absolute atomic E-state index is 0.0894. The number of rotatable bonds is 4. The van der Waals surface area contributed by atoms with Gasteiger partial charge in [0.2, 0.25) is 0 Å². The number of halogens is 1. The molecule has 29 heavy (non-hydrogen) atoms. The fourth-order valence-electron chi connectivity index (χ4n) is 4.44. The number of amides is 1. The molecule has 3 nitrogen and oxygen atoms in total. The number of carbonyl (C=O) groups is 1. The van der Waals surface area contributed by atoms with Gasteiger partial charge in [-0.1, -0.05) is 71.4 Å². The molecule has 1 aliphatic rings. The minimum atomic E-state index is -0.0894. The van der Waals surface area contributed by atoms with Crippen LogP contribution in [-0.2, 0) is 0 Å². The van der Waals surface area contributed by atoms with Crippen molar-refractivity contribution >= 4 is 32.7 Å². The van der Waals surface area contributed by atoms with Gasteiger partial charge in [0.15, 0.2) is 0 Å². The highest BCUT2D eigenvalue weighted by Gasteiger charge is 2.39. The van der Waals surface area contributed by atoms with Crippen LogP contribution in [0.25, 0.3) is 22.2 Å². The summed E-state index contributed by atoms with van der Waals surface area (Å²) in [4.78, 5) is 18.9. The first-order chi connectivity index (χ1) is 14.2. The Labute approximate surface area is 178 Å². The van der Waals surface area contributed by atoms with Crippen LogP contribution in [0.2, 0.25) is 0 Å². The molecule has 0 unspecified atom stereocenters. The molecular formula is C25H21BrN2O. The van der Waals surface area contributed by atoms with Crippen molar-refractivity contribution in [1.29, 1.82) is 0 Å². The van der Waals surface area contributed by atoms with E-state index in [1.54, 1.807) is 0 Å². The van der Waals surface area contributed by atoms with Gasteiger partial charge in [0.05, 0.1) is 11.7 Å². The summed E-state index contributed by atoms with van der Waals surface area (Å²) in [5.74, 6) is 0.125. The monoisotopic (exact) mass is 444 g/mol. The van der Waals surface area contributed by atoms with E-state index in [2.05, 4.69) is 76.4 Å². The fourth-order valence-corrected chi connectivity index (χ4v) is 4.71. The predicted octanol–water partition coefficient (Wildman–Crippen LogP) is 6.55. The minimum Gasteiger partial charge on any atom is -0.354 e. The summed E-state index contributed by atoms with van der Waals surface area (Å²) in [6, 6.07) is 24.7. The first-order valence-corrected chi connectivity index (χ1v) is 10.7. The average molecular weight is 445 g/mol. The molecule has 4 aromatic rings. The molecule has 5 rings (SSSR count). The van der Waals surface area contributed by atoms with E-state index in [-0.39, 0.29) is 11.9 Å². The average Bonchev–Trinajstić information content (AvgIpc) is 3.25. The van der Waals surface area contributed by atoms with Gasteiger partial charge in [0.1, 0.15) is 0 Å². The van der Waals surface area contributed by atoms with Gasteiger partial charge in [-0.05, 0) is 41.8 Å². The fraction of sp³-hybridized carbons (Fsp3) is 0.160. The van der Waals surface area contributed by atoms with Gasteiger partial charge in [-0.25, -0.2) is 0 Å². The normalized spacial score (nSPS) is 15.9. The Morgan fingerprint density at radius 3 is 2.48 bits per heavy atom. The lowest BCUT2D eigenvalue weighted by Crippen LogP contribution is -2.29. The molecule has 3 aromatic carbocycles. The van der Waals surface area contributed by atoms with Crippen LogP contribution in [0.3, 0.4) is 0 Å². The topological polar surface area (TPSA) is 36.1 Å². The number of nitrogens with zero attached hydrogens (tertiary/aromatic N) is 1. The van der Waals surface area contributed by atoms with E-state index >= 15 is 0 Å².